The number of carbonyl (C=O) groups excluding carboxylic acids is 2. The van der Waals surface area contributed by atoms with E-state index in [4.69, 9.17) is 4.74 Å². The van der Waals surface area contributed by atoms with E-state index in [2.05, 4.69) is 31.3 Å². The summed E-state index contributed by atoms with van der Waals surface area (Å²) in [6, 6.07) is -0.637. The van der Waals surface area contributed by atoms with Crippen LogP contribution in [0.2, 0.25) is 0 Å². The largest absolute Gasteiger partial charge is 0.466 e. The summed E-state index contributed by atoms with van der Waals surface area (Å²) in [7, 11) is 0. The fourth-order valence-corrected chi connectivity index (χ4v) is 8.27. The van der Waals surface area contributed by atoms with Crippen molar-refractivity contribution in [3.8, 4) is 0 Å². The van der Waals surface area contributed by atoms with E-state index in [0.29, 0.717) is 19.4 Å². The van der Waals surface area contributed by atoms with E-state index in [0.717, 1.165) is 57.8 Å². The van der Waals surface area contributed by atoms with Crippen LogP contribution < -0.4 is 5.32 Å². The predicted molar refractivity (Wildman–Crippen MR) is 264 cm³/mol. The van der Waals surface area contributed by atoms with Gasteiger partial charge < -0.3 is 20.3 Å². The normalized spacial score (nSPS) is 12.8. The SMILES string of the molecule is CCCCCCCC/C=C\CCCCCCCC(=O)OCCCCCCCCCCCCCCCC(=O)NC(CO)C(O)/C=C/CCCCCCCCCCCCCCCC. The lowest BCUT2D eigenvalue weighted by Gasteiger charge is -2.20. The highest BCUT2D eigenvalue weighted by Crippen LogP contribution is 2.16. The molecule has 0 aromatic heterocycles. The zero-order valence-corrected chi connectivity index (χ0v) is 40.9. The standard InChI is InChI=1S/C55H105NO5/c1-3-5-7-9-11-13-15-17-19-21-23-27-31-35-39-43-47-53(58)52(51-57)56-54(59)48-44-40-36-32-28-24-22-26-30-34-38-42-46-50-61-55(60)49-45-41-37-33-29-25-20-18-16-14-12-10-8-6-4-2/h18,20,43,47,52-53,57-58H,3-17,19,21-42,44-46,48-51H2,1-2H3,(H,56,59)/b20-18-,47-43+. The van der Waals surface area contributed by atoms with Gasteiger partial charge in [0.1, 0.15) is 0 Å². The van der Waals surface area contributed by atoms with Crippen LogP contribution in [0.25, 0.3) is 0 Å². The Bertz CT molecular complexity index is 951. The van der Waals surface area contributed by atoms with Gasteiger partial charge in [0, 0.05) is 12.8 Å². The molecule has 2 atom stereocenters. The second kappa shape index (κ2) is 51.0. The first-order valence-electron chi connectivity index (χ1n) is 27.1. The highest BCUT2D eigenvalue weighted by molar-refractivity contribution is 5.76. The lowest BCUT2D eigenvalue weighted by Crippen LogP contribution is -2.45. The number of carbonyl (C=O) groups is 2. The maximum absolute atomic E-state index is 12.4. The summed E-state index contributed by atoms with van der Waals surface area (Å²) in [5.41, 5.74) is 0. The number of nitrogens with one attached hydrogen (secondary N) is 1. The van der Waals surface area contributed by atoms with Crippen LogP contribution in [0.15, 0.2) is 24.3 Å². The zero-order valence-electron chi connectivity index (χ0n) is 40.9. The van der Waals surface area contributed by atoms with Crippen molar-refractivity contribution >= 4 is 11.9 Å². The summed E-state index contributed by atoms with van der Waals surface area (Å²) in [5, 5.41) is 23.1. The molecule has 0 saturated carbocycles. The topological polar surface area (TPSA) is 95.9 Å². The van der Waals surface area contributed by atoms with Gasteiger partial charge in [0.15, 0.2) is 0 Å². The van der Waals surface area contributed by atoms with Crippen LogP contribution in [0.5, 0.6) is 0 Å². The van der Waals surface area contributed by atoms with Gasteiger partial charge in [0.05, 0.1) is 25.4 Å². The fourth-order valence-electron chi connectivity index (χ4n) is 8.27. The van der Waals surface area contributed by atoms with E-state index >= 15 is 0 Å². The predicted octanol–water partition coefficient (Wildman–Crippen LogP) is 16.3. The Morgan fingerprint density at radius 1 is 0.443 bits per heavy atom. The molecular weight excluding hydrogens is 755 g/mol. The molecule has 0 spiro atoms. The molecule has 0 heterocycles. The fraction of sp³-hybridized carbons (Fsp3) is 0.891. The molecule has 1 amide bonds. The third-order valence-electron chi connectivity index (χ3n) is 12.5. The van der Waals surface area contributed by atoms with Gasteiger partial charge in [-0.2, -0.15) is 0 Å². The Hall–Kier alpha value is -1.66. The average molecular weight is 860 g/mol. The Labute approximate surface area is 380 Å². The molecule has 61 heavy (non-hydrogen) atoms. The van der Waals surface area contributed by atoms with Crippen molar-refractivity contribution in [2.75, 3.05) is 13.2 Å². The van der Waals surface area contributed by atoms with Crippen LogP contribution in [-0.2, 0) is 14.3 Å². The summed E-state index contributed by atoms with van der Waals surface area (Å²) in [5.74, 6) is -0.0948. The average Bonchev–Trinajstić information content (AvgIpc) is 3.26. The van der Waals surface area contributed by atoms with Gasteiger partial charge in [0.2, 0.25) is 5.91 Å². The number of unbranched alkanes of at least 4 members (excludes halogenated alkanes) is 37. The van der Waals surface area contributed by atoms with Crippen molar-refractivity contribution in [1.82, 2.24) is 5.32 Å². The van der Waals surface area contributed by atoms with E-state index < -0.39 is 12.1 Å². The van der Waals surface area contributed by atoms with Gasteiger partial charge in [0.25, 0.3) is 0 Å². The van der Waals surface area contributed by atoms with E-state index in [9.17, 15) is 19.8 Å². The van der Waals surface area contributed by atoms with Crippen LogP contribution in [-0.4, -0.2) is 47.4 Å². The maximum atomic E-state index is 12.4. The molecule has 0 fully saturated rings. The van der Waals surface area contributed by atoms with E-state index in [1.807, 2.05) is 6.08 Å². The molecule has 0 saturated heterocycles. The minimum atomic E-state index is -0.853. The lowest BCUT2D eigenvalue weighted by atomic mass is 10.0. The third-order valence-corrected chi connectivity index (χ3v) is 12.5. The summed E-state index contributed by atoms with van der Waals surface area (Å²) in [4.78, 5) is 24.5. The molecule has 0 radical (unpaired) electrons. The second-order valence-electron chi connectivity index (χ2n) is 18.6. The Balaban J connectivity index is 3.49. The van der Waals surface area contributed by atoms with Crippen LogP contribution in [0, 0.1) is 0 Å². The number of esters is 1. The molecule has 6 heteroatoms. The first-order valence-corrected chi connectivity index (χ1v) is 27.1. The van der Waals surface area contributed by atoms with Gasteiger partial charge >= 0.3 is 5.97 Å². The molecule has 0 bridgehead atoms. The number of amides is 1. The molecular formula is C55H105NO5. The number of hydrogen-bond donors (Lipinski definition) is 3. The van der Waals surface area contributed by atoms with Gasteiger partial charge in [-0.25, -0.2) is 0 Å². The first kappa shape index (κ1) is 59.3. The van der Waals surface area contributed by atoms with Crippen molar-refractivity contribution < 1.29 is 24.5 Å². The number of rotatable bonds is 50. The lowest BCUT2D eigenvalue weighted by molar-refractivity contribution is -0.143. The quantitative estimate of drug-likeness (QED) is 0.0322. The van der Waals surface area contributed by atoms with Gasteiger partial charge in [-0.05, 0) is 57.8 Å². The molecule has 0 aliphatic heterocycles. The van der Waals surface area contributed by atoms with Crippen molar-refractivity contribution in [3.63, 3.8) is 0 Å². The van der Waals surface area contributed by atoms with Crippen molar-refractivity contribution in [3.05, 3.63) is 24.3 Å². The maximum Gasteiger partial charge on any atom is 0.305 e. The minimum Gasteiger partial charge on any atom is -0.466 e. The third kappa shape index (κ3) is 47.7. The molecule has 360 valence electrons. The summed E-state index contributed by atoms with van der Waals surface area (Å²) < 4.78 is 5.46. The minimum absolute atomic E-state index is 0.0147. The van der Waals surface area contributed by atoms with Crippen LogP contribution in [0.3, 0.4) is 0 Å². The summed E-state index contributed by atoms with van der Waals surface area (Å²) in [6.07, 6.45) is 60.3. The summed E-state index contributed by atoms with van der Waals surface area (Å²) in [6.45, 7) is 4.87. The highest BCUT2D eigenvalue weighted by Gasteiger charge is 2.18. The first-order chi connectivity index (χ1) is 30.0. The van der Waals surface area contributed by atoms with Crippen molar-refractivity contribution in [2.24, 2.45) is 0 Å². The van der Waals surface area contributed by atoms with E-state index in [-0.39, 0.29) is 18.5 Å². The number of ether oxygens (including phenoxy) is 1. The van der Waals surface area contributed by atoms with Crippen molar-refractivity contribution in [2.45, 2.75) is 302 Å². The highest BCUT2D eigenvalue weighted by atomic mass is 16.5. The molecule has 0 aromatic rings. The van der Waals surface area contributed by atoms with Gasteiger partial charge in [-0.15, -0.1) is 0 Å². The van der Waals surface area contributed by atoms with Crippen LogP contribution in [0.4, 0.5) is 0 Å². The Kier molecular flexibility index (Phi) is 49.6. The monoisotopic (exact) mass is 860 g/mol. The molecule has 3 N–H and O–H groups in total. The smallest absolute Gasteiger partial charge is 0.305 e. The molecule has 6 nitrogen and oxygen atoms in total. The Morgan fingerprint density at radius 2 is 0.770 bits per heavy atom. The molecule has 0 rings (SSSR count). The second-order valence-corrected chi connectivity index (χ2v) is 18.6. The Morgan fingerprint density at radius 3 is 1.16 bits per heavy atom. The van der Waals surface area contributed by atoms with Gasteiger partial charge in [-0.3, -0.25) is 9.59 Å². The molecule has 2 unspecified atom stereocenters. The van der Waals surface area contributed by atoms with Crippen LogP contribution in [0.1, 0.15) is 290 Å². The zero-order chi connectivity index (χ0) is 44.4. The molecule has 0 aliphatic rings. The van der Waals surface area contributed by atoms with Crippen LogP contribution >= 0.6 is 0 Å². The van der Waals surface area contributed by atoms with E-state index in [1.54, 1.807) is 6.08 Å². The number of aliphatic hydroxyl groups is 2. The van der Waals surface area contributed by atoms with E-state index in [1.165, 1.54) is 205 Å². The van der Waals surface area contributed by atoms with Crippen molar-refractivity contribution in [1.29, 1.82) is 0 Å². The molecule has 0 aliphatic carbocycles. The molecule has 0 aromatic carbocycles. The number of aliphatic hydroxyl groups excluding tert-OH is 2. The summed E-state index contributed by atoms with van der Waals surface area (Å²) >= 11 is 0. The van der Waals surface area contributed by atoms with Gasteiger partial charge in [-0.1, -0.05) is 244 Å². The number of allylic oxidation sites excluding steroid dienone is 3. The number of hydrogen-bond acceptors (Lipinski definition) is 5.